The van der Waals surface area contributed by atoms with Gasteiger partial charge in [-0.25, -0.2) is 0 Å². The minimum atomic E-state index is -0.739. The third-order valence-electron chi connectivity index (χ3n) is 7.09. The number of nitrogens with zero attached hydrogens (tertiary/aromatic N) is 2. The monoisotopic (exact) mass is 534 g/mol. The molecule has 35 heavy (non-hydrogen) atoms. The second-order valence-electron chi connectivity index (χ2n) is 9.26. The van der Waals surface area contributed by atoms with Gasteiger partial charge in [0.15, 0.2) is 0 Å². The second kappa shape index (κ2) is 12.1. The van der Waals surface area contributed by atoms with E-state index in [1.54, 1.807) is 13.3 Å². The van der Waals surface area contributed by atoms with Gasteiger partial charge < -0.3 is 19.8 Å². The number of ether oxygens (including phenoxy) is 1. The number of piperidine rings is 1. The SMILES string of the molecule is COc1ccc2ncc(Cl)c([C@@H](O)CCC3(CO)CCN(CCSc4ccc(Cl)cc4)CC3)c2c1. The number of methoxy groups -OCH3 is 1. The van der Waals surface area contributed by atoms with Gasteiger partial charge in [-0.05, 0) is 86.7 Å². The van der Waals surface area contributed by atoms with Crippen molar-refractivity contribution in [3.8, 4) is 5.75 Å². The van der Waals surface area contributed by atoms with Crippen LogP contribution >= 0.6 is 35.0 Å². The molecule has 0 unspecified atom stereocenters. The molecule has 1 aromatic heterocycles. The van der Waals surface area contributed by atoms with E-state index in [1.807, 2.05) is 42.1 Å². The average Bonchev–Trinajstić information content (AvgIpc) is 2.89. The Morgan fingerprint density at radius 2 is 1.89 bits per heavy atom. The maximum Gasteiger partial charge on any atom is 0.119 e. The summed E-state index contributed by atoms with van der Waals surface area (Å²) >= 11 is 14.3. The first-order valence-electron chi connectivity index (χ1n) is 11.9. The molecule has 8 heteroatoms. The van der Waals surface area contributed by atoms with Gasteiger partial charge in [0.2, 0.25) is 0 Å². The molecule has 1 aliphatic rings. The van der Waals surface area contributed by atoms with Crippen molar-refractivity contribution in [1.29, 1.82) is 0 Å². The number of pyridine rings is 1. The predicted octanol–water partition coefficient (Wildman–Crippen LogP) is 6.23. The highest BCUT2D eigenvalue weighted by Gasteiger charge is 2.34. The number of thioether (sulfide) groups is 1. The van der Waals surface area contributed by atoms with Crippen molar-refractivity contribution in [2.24, 2.45) is 5.41 Å². The topological polar surface area (TPSA) is 65.8 Å². The molecule has 1 saturated heterocycles. The van der Waals surface area contributed by atoms with E-state index in [1.165, 1.54) is 4.90 Å². The Labute approximate surface area is 221 Å². The number of hydrogen-bond acceptors (Lipinski definition) is 6. The first kappa shape index (κ1) is 26.5. The van der Waals surface area contributed by atoms with Gasteiger partial charge in [-0.2, -0.15) is 0 Å². The van der Waals surface area contributed by atoms with Gasteiger partial charge >= 0.3 is 0 Å². The lowest BCUT2D eigenvalue weighted by molar-refractivity contribution is 0.0254. The summed E-state index contributed by atoms with van der Waals surface area (Å²) in [5.74, 6) is 1.72. The van der Waals surface area contributed by atoms with Crippen molar-refractivity contribution in [2.45, 2.75) is 36.7 Å². The van der Waals surface area contributed by atoms with Gasteiger partial charge in [0.25, 0.3) is 0 Å². The molecular weight excluding hydrogens is 503 g/mol. The second-order valence-corrected chi connectivity index (χ2v) is 11.3. The summed E-state index contributed by atoms with van der Waals surface area (Å²) in [6.45, 7) is 3.05. The highest BCUT2D eigenvalue weighted by Crippen LogP contribution is 2.40. The van der Waals surface area contributed by atoms with Crippen LogP contribution in [0.15, 0.2) is 53.6 Å². The molecule has 1 atom stereocenters. The Hall–Kier alpha value is -1.54. The first-order chi connectivity index (χ1) is 16.9. The zero-order valence-corrected chi connectivity index (χ0v) is 22.2. The summed E-state index contributed by atoms with van der Waals surface area (Å²) in [6.07, 6.45) is 3.96. The van der Waals surface area contributed by atoms with Crippen molar-refractivity contribution in [1.82, 2.24) is 9.88 Å². The van der Waals surface area contributed by atoms with Crippen LogP contribution in [0.25, 0.3) is 10.9 Å². The maximum atomic E-state index is 11.1. The molecule has 1 aliphatic heterocycles. The van der Waals surface area contributed by atoms with Crippen LogP contribution in [0.3, 0.4) is 0 Å². The van der Waals surface area contributed by atoms with E-state index in [4.69, 9.17) is 27.9 Å². The third kappa shape index (κ3) is 6.62. The molecule has 0 bridgehead atoms. The molecule has 0 radical (unpaired) electrons. The minimum Gasteiger partial charge on any atom is -0.497 e. The zero-order valence-electron chi connectivity index (χ0n) is 19.9. The molecule has 1 fully saturated rings. The van der Waals surface area contributed by atoms with E-state index in [-0.39, 0.29) is 12.0 Å². The van der Waals surface area contributed by atoms with Gasteiger partial charge in [-0.3, -0.25) is 4.98 Å². The molecule has 2 heterocycles. The number of halogens is 2. The van der Waals surface area contributed by atoms with Gasteiger partial charge in [-0.15, -0.1) is 11.8 Å². The fraction of sp³-hybridized carbons (Fsp3) is 0.444. The fourth-order valence-electron chi connectivity index (χ4n) is 4.78. The van der Waals surface area contributed by atoms with Crippen LogP contribution in [-0.4, -0.2) is 59.2 Å². The summed E-state index contributed by atoms with van der Waals surface area (Å²) in [7, 11) is 1.61. The molecule has 2 N–H and O–H groups in total. The molecule has 2 aromatic carbocycles. The van der Waals surface area contributed by atoms with E-state index in [2.05, 4.69) is 22.0 Å². The first-order valence-corrected chi connectivity index (χ1v) is 13.7. The Morgan fingerprint density at radius 1 is 1.14 bits per heavy atom. The highest BCUT2D eigenvalue weighted by molar-refractivity contribution is 7.99. The minimum absolute atomic E-state index is 0.131. The van der Waals surface area contributed by atoms with Gasteiger partial charge in [0.1, 0.15) is 5.75 Å². The molecule has 188 valence electrons. The van der Waals surface area contributed by atoms with Crippen LogP contribution in [-0.2, 0) is 0 Å². The van der Waals surface area contributed by atoms with Crippen molar-refractivity contribution < 1.29 is 14.9 Å². The molecule has 0 aliphatic carbocycles. The number of hydrogen-bond donors (Lipinski definition) is 2. The van der Waals surface area contributed by atoms with Crippen molar-refractivity contribution >= 4 is 45.9 Å². The summed E-state index contributed by atoms with van der Waals surface area (Å²) in [5, 5.41) is 23.4. The normalized spacial score (nSPS) is 16.9. The van der Waals surface area contributed by atoms with Crippen LogP contribution in [0.4, 0.5) is 0 Å². The molecule has 4 rings (SSSR count). The number of aromatic nitrogens is 1. The van der Waals surface area contributed by atoms with Crippen molar-refractivity contribution in [3.63, 3.8) is 0 Å². The highest BCUT2D eigenvalue weighted by atomic mass is 35.5. The Balaban J connectivity index is 1.33. The zero-order chi connectivity index (χ0) is 24.8. The maximum absolute atomic E-state index is 11.1. The standard InChI is InChI=1S/C27H32Cl2N2O3S/c1-34-20-4-7-24-22(16-20)26(23(29)17-30-24)25(33)8-9-27(18-32)10-12-31(13-11-27)14-15-35-21-5-2-19(28)3-6-21/h2-7,16-17,25,32-33H,8-15,18H2,1H3/t25-/m0/s1. The molecule has 3 aromatic rings. The van der Waals surface area contributed by atoms with E-state index in [0.29, 0.717) is 22.8 Å². The molecule has 0 amide bonds. The number of benzene rings is 2. The van der Waals surface area contributed by atoms with E-state index >= 15 is 0 Å². The lowest BCUT2D eigenvalue weighted by Crippen LogP contribution is -2.43. The number of rotatable bonds is 10. The Bertz CT molecular complexity index is 1120. The van der Waals surface area contributed by atoms with Gasteiger partial charge in [0, 0.05) is 46.0 Å². The average molecular weight is 536 g/mol. The largest absolute Gasteiger partial charge is 0.497 e. The number of aliphatic hydroxyl groups excluding tert-OH is 2. The van der Waals surface area contributed by atoms with Gasteiger partial charge in [0.05, 0.1) is 23.8 Å². The van der Waals surface area contributed by atoms with Crippen LogP contribution < -0.4 is 4.74 Å². The third-order valence-corrected chi connectivity index (χ3v) is 8.64. The van der Waals surface area contributed by atoms with Crippen molar-refractivity contribution in [2.75, 3.05) is 39.1 Å². The molecule has 5 nitrogen and oxygen atoms in total. The van der Waals surface area contributed by atoms with Crippen LogP contribution in [0.1, 0.15) is 37.4 Å². The smallest absolute Gasteiger partial charge is 0.119 e. The molecule has 0 spiro atoms. The summed E-state index contributed by atoms with van der Waals surface area (Å²) in [6, 6.07) is 13.5. The van der Waals surface area contributed by atoms with E-state index in [9.17, 15) is 10.2 Å². The predicted molar refractivity (Wildman–Crippen MR) is 145 cm³/mol. The fourth-order valence-corrected chi connectivity index (χ4v) is 6.10. The lowest BCUT2D eigenvalue weighted by atomic mass is 9.74. The lowest BCUT2D eigenvalue weighted by Gasteiger charge is -2.41. The number of aliphatic hydroxyl groups is 2. The van der Waals surface area contributed by atoms with E-state index in [0.717, 1.165) is 60.6 Å². The number of likely N-dealkylation sites (tertiary alicyclic amines) is 1. The Morgan fingerprint density at radius 3 is 2.57 bits per heavy atom. The summed E-state index contributed by atoms with van der Waals surface area (Å²) in [5.41, 5.74) is 1.28. The van der Waals surface area contributed by atoms with Gasteiger partial charge in [-0.1, -0.05) is 23.2 Å². The molecule has 0 saturated carbocycles. The van der Waals surface area contributed by atoms with E-state index < -0.39 is 6.10 Å². The van der Waals surface area contributed by atoms with Crippen molar-refractivity contribution in [3.05, 3.63) is 64.3 Å². The summed E-state index contributed by atoms with van der Waals surface area (Å²) < 4.78 is 5.36. The van der Waals surface area contributed by atoms with Crippen LogP contribution in [0.2, 0.25) is 10.0 Å². The molecular formula is C27H32Cl2N2O3S. The van der Waals surface area contributed by atoms with Crippen LogP contribution in [0, 0.1) is 5.41 Å². The quantitative estimate of drug-likeness (QED) is 0.300. The number of fused-ring (bicyclic) bond motifs is 1. The Kier molecular flexibility index (Phi) is 9.19. The summed E-state index contributed by atoms with van der Waals surface area (Å²) in [4.78, 5) is 8.08. The van der Waals surface area contributed by atoms with Crippen LogP contribution in [0.5, 0.6) is 5.75 Å².